The van der Waals surface area contributed by atoms with Gasteiger partial charge in [0.2, 0.25) is 0 Å². The lowest BCUT2D eigenvalue weighted by Crippen LogP contribution is -2.31. The van der Waals surface area contributed by atoms with Gasteiger partial charge in [0.25, 0.3) is 0 Å². The number of hydrogen-bond acceptors (Lipinski definition) is 2. The number of likely N-dealkylation sites (N-methyl/N-ethyl adjacent to an activating group) is 1. The highest BCUT2D eigenvalue weighted by molar-refractivity contribution is 6.37. The summed E-state index contributed by atoms with van der Waals surface area (Å²) in [6.07, 6.45) is 0. The van der Waals surface area contributed by atoms with Crippen LogP contribution in [0.3, 0.4) is 0 Å². The summed E-state index contributed by atoms with van der Waals surface area (Å²) in [4.78, 5) is 17.1. The molecule has 0 aliphatic carbocycles. The van der Waals surface area contributed by atoms with E-state index in [1.165, 1.54) is 12.5 Å². The predicted octanol–water partition coefficient (Wildman–Crippen LogP) is 1.74. The number of ketones is 1. The van der Waals surface area contributed by atoms with Gasteiger partial charge in [-0.15, -0.1) is 0 Å². The van der Waals surface area contributed by atoms with Crippen LogP contribution < -0.4 is 0 Å². The Hall–Kier alpha value is -1.64. The number of aliphatic imine (C=N–C) groups is 1. The molecular formula is C12H16N2O. The van der Waals surface area contributed by atoms with Crippen molar-refractivity contribution in [3.05, 3.63) is 35.9 Å². The maximum atomic E-state index is 11.2. The number of carbonyl (C=O) groups is 1. The maximum Gasteiger partial charge on any atom is 0.194 e. The lowest BCUT2D eigenvalue weighted by atomic mass is 10.2. The third-order valence-corrected chi connectivity index (χ3v) is 2.15. The first kappa shape index (κ1) is 11.4. The summed E-state index contributed by atoms with van der Waals surface area (Å²) in [5.41, 5.74) is 1.17. The van der Waals surface area contributed by atoms with Gasteiger partial charge in [0.1, 0.15) is 0 Å². The van der Waals surface area contributed by atoms with E-state index in [1.807, 2.05) is 42.3 Å². The Morgan fingerprint density at radius 3 is 2.40 bits per heavy atom. The number of carbonyl (C=O) groups excluding carboxylic acids is 1. The molecule has 15 heavy (non-hydrogen) atoms. The Labute approximate surface area is 90.4 Å². The summed E-state index contributed by atoms with van der Waals surface area (Å²) in [6, 6.07) is 10.0. The van der Waals surface area contributed by atoms with Crippen molar-refractivity contribution in [3.63, 3.8) is 0 Å². The summed E-state index contributed by atoms with van der Waals surface area (Å²) in [7, 11) is 3.51. The van der Waals surface area contributed by atoms with Crippen molar-refractivity contribution in [1.29, 1.82) is 0 Å². The van der Waals surface area contributed by atoms with Gasteiger partial charge >= 0.3 is 0 Å². The van der Waals surface area contributed by atoms with E-state index in [1.54, 1.807) is 7.05 Å². The van der Waals surface area contributed by atoms with E-state index in [2.05, 4.69) is 4.99 Å². The van der Waals surface area contributed by atoms with Gasteiger partial charge in [-0.25, -0.2) is 0 Å². The van der Waals surface area contributed by atoms with Crippen LogP contribution in [0, 0.1) is 0 Å². The number of hydrogen-bond donors (Lipinski definition) is 0. The van der Waals surface area contributed by atoms with Gasteiger partial charge in [0.15, 0.2) is 11.6 Å². The lowest BCUT2D eigenvalue weighted by Gasteiger charge is -2.18. The van der Waals surface area contributed by atoms with Gasteiger partial charge in [0, 0.05) is 27.6 Å². The van der Waals surface area contributed by atoms with Gasteiger partial charge in [-0.1, -0.05) is 30.3 Å². The molecule has 1 rings (SSSR count). The molecule has 0 aliphatic rings. The summed E-state index contributed by atoms with van der Waals surface area (Å²) >= 11 is 0. The van der Waals surface area contributed by atoms with Crippen molar-refractivity contribution in [2.45, 2.75) is 13.5 Å². The average molecular weight is 204 g/mol. The molecular weight excluding hydrogens is 188 g/mol. The summed E-state index contributed by atoms with van der Waals surface area (Å²) in [5, 5.41) is 0. The highest BCUT2D eigenvalue weighted by atomic mass is 16.1. The van der Waals surface area contributed by atoms with Crippen LogP contribution in [-0.2, 0) is 11.3 Å². The normalized spacial score (nSPS) is 11.3. The standard InChI is InChI=1S/C12H16N2O/c1-10(15)12(13-2)14(3)9-11-7-5-4-6-8-11/h4-8H,9H2,1-3H3/b13-12-. The van der Waals surface area contributed by atoms with E-state index < -0.39 is 0 Å². The monoisotopic (exact) mass is 204 g/mol. The minimum atomic E-state index is -0.00377. The molecule has 0 saturated heterocycles. The fourth-order valence-electron chi connectivity index (χ4n) is 1.53. The number of benzene rings is 1. The molecule has 80 valence electrons. The molecule has 0 aliphatic heterocycles. The molecule has 3 heteroatoms. The molecule has 0 atom stereocenters. The number of Topliss-reactive ketones (excluding diaryl/α,β-unsaturated/α-hetero) is 1. The summed E-state index contributed by atoms with van der Waals surface area (Å²) in [6.45, 7) is 2.23. The van der Waals surface area contributed by atoms with Crippen molar-refractivity contribution in [2.24, 2.45) is 4.99 Å². The smallest absolute Gasteiger partial charge is 0.194 e. The maximum absolute atomic E-state index is 11.2. The summed E-state index contributed by atoms with van der Waals surface area (Å²) < 4.78 is 0. The highest BCUT2D eigenvalue weighted by Crippen LogP contribution is 2.03. The van der Waals surface area contributed by atoms with E-state index in [0.717, 1.165) is 0 Å². The largest absolute Gasteiger partial charge is 0.353 e. The van der Waals surface area contributed by atoms with E-state index in [4.69, 9.17) is 0 Å². The van der Waals surface area contributed by atoms with Crippen LogP contribution in [0.1, 0.15) is 12.5 Å². The molecule has 0 heterocycles. The van der Waals surface area contributed by atoms with Gasteiger partial charge in [0.05, 0.1) is 0 Å². The summed E-state index contributed by atoms with van der Waals surface area (Å²) in [5.74, 6) is 0.509. The zero-order valence-corrected chi connectivity index (χ0v) is 9.40. The Morgan fingerprint density at radius 2 is 1.93 bits per heavy atom. The minimum Gasteiger partial charge on any atom is -0.353 e. The fraction of sp³-hybridized carbons (Fsp3) is 0.333. The Bertz CT molecular complexity index is 357. The van der Waals surface area contributed by atoms with Crippen molar-refractivity contribution in [2.75, 3.05) is 14.1 Å². The van der Waals surface area contributed by atoms with Crippen LogP contribution in [0.2, 0.25) is 0 Å². The third-order valence-electron chi connectivity index (χ3n) is 2.15. The topological polar surface area (TPSA) is 32.7 Å². The fourth-order valence-corrected chi connectivity index (χ4v) is 1.53. The molecule has 1 aromatic rings. The molecule has 0 bridgehead atoms. The van der Waals surface area contributed by atoms with Gasteiger partial charge in [-0.05, 0) is 5.56 Å². The Morgan fingerprint density at radius 1 is 1.33 bits per heavy atom. The second kappa shape index (κ2) is 5.29. The molecule has 1 aromatic carbocycles. The van der Waals surface area contributed by atoms with Crippen LogP contribution in [0.15, 0.2) is 35.3 Å². The third kappa shape index (κ3) is 3.20. The van der Waals surface area contributed by atoms with E-state index in [9.17, 15) is 4.79 Å². The molecule has 0 radical (unpaired) electrons. The molecule has 0 fully saturated rings. The lowest BCUT2D eigenvalue weighted by molar-refractivity contribution is -0.111. The Kier molecular flexibility index (Phi) is 4.03. The molecule has 0 amide bonds. The van der Waals surface area contributed by atoms with Gasteiger partial charge < -0.3 is 4.90 Å². The second-order valence-corrected chi connectivity index (χ2v) is 3.45. The van der Waals surface area contributed by atoms with E-state index >= 15 is 0 Å². The van der Waals surface area contributed by atoms with Crippen LogP contribution in [0.4, 0.5) is 0 Å². The van der Waals surface area contributed by atoms with Gasteiger partial charge in [-0.3, -0.25) is 9.79 Å². The van der Waals surface area contributed by atoms with Crippen molar-refractivity contribution >= 4 is 11.6 Å². The molecule has 0 spiro atoms. The predicted molar refractivity (Wildman–Crippen MR) is 61.9 cm³/mol. The van der Waals surface area contributed by atoms with Crippen LogP contribution >= 0.6 is 0 Å². The number of nitrogens with zero attached hydrogens (tertiary/aromatic N) is 2. The second-order valence-electron chi connectivity index (χ2n) is 3.45. The molecule has 0 N–H and O–H groups in total. The van der Waals surface area contributed by atoms with Crippen LogP contribution in [0.25, 0.3) is 0 Å². The van der Waals surface area contributed by atoms with Gasteiger partial charge in [-0.2, -0.15) is 0 Å². The van der Waals surface area contributed by atoms with Crippen LogP contribution in [0.5, 0.6) is 0 Å². The molecule has 0 saturated carbocycles. The molecule has 3 nitrogen and oxygen atoms in total. The van der Waals surface area contributed by atoms with E-state index in [0.29, 0.717) is 12.4 Å². The quantitative estimate of drug-likeness (QED) is 0.555. The first-order chi connectivity index (χ1) is 7.15. The first-order valence-corrected chi connectivity index (χ1v) is 4.88. The van der Waals surface area contributed by atoms with Crippen molar-refractivity contribution < 1.29 is 4.79 Å². The van der Waals surface area contributed by atoms with Crippen molar-refractivity contribution in [3.8, 4) is 0 Å². The van der Waals surface area contributed by atoms with Crippen LogP contribution in [-0.4, -0.2) is 30.6 Å². The number of amidine groups is 1. The highest BCUT2D eigenvalue weighted by Gasteiger charge is 2.10. The first-order valence-electron chi connectivity index (χ1n) is 4.88. The van der Waals surface area contributed by atoms with Crippen molar-refractivity contribution in [1.82, 2.24) is 4.90 Å². The SMILES string of the molecule is C/N=C(/C(C)=O)N(C)Cc1ccccc1. The zero-order chi connectivity index (χ0) is 11.3. The van der Waals surface area contributed by atoms with E-state index in [-0.39, 0.29) is 5.78 Å². The average Bonchev–Trinajstić information content (AvgIpc) is 2.19. The zero-order valence-electron chi connectivity index (χ0n) is 9.40. The molecule has 0 unspecified atom stereocenters. The minimum absolute atomic E-state index is 0.00377. The Balaban J connectivity index is 2.71. The number of rotatable bonds is 3. The molecule has 0 aromatic heterocycles.